The fraction of sp³-hybridized carbons (Fsp3) is 0.222. The maximum atomic E-state index is 10.5. The molecule has 0 aliphatic heterocycles. The van der Waals surface area contributed by atoms with Crippen LogP contribution in [0.4, 0.5) is 5.69 Å². The first kappa shape index (κ1) is 8.59. The molecule has 0 bridgehead atoms. The van der Waals surface area contributed by atoms with Crippen LogP contribution < -0.4 is 10.4 Å². The lowest BCUT2D eigenvalue weighted by Crippen LogP contribution is -2.23. The standard InChI is InChI=1S/C9H11NO2/c1-6-5-7(10-2)3-4-8(6)9(11)12/h3-5,10H,1-2H3,(H,11,12)/p-1. The van der Waals surface area contributed by atoms with Crippen molar-refractivity contribution in [1.82, 2.24) is 0 Å². The third-order valence-electron chi connectivity index (χ3n) is 1.73. The Bertz CT molecular complexity index is 307. The van der Waals surface area contributed by atoms with Crippen molar-refractivity contribution in [2.24, 2.45) is 0 Å². The second kappa shape index (κ2) is 3.26. The van der Waals surface area contributed by atoms with Crippen LogP contribution in [-0.4, -0.2) is 13.0 Å². The summed E-state index contributed by atoms with van der Waals surface area (Å²) in [5.74, 6) is -1.13. The number of carbonyl (C=O) groups is 1. The van der Waals surface area contributed by atoms with Crippen LogP contribution in [0.25, 0.3) is 0 Å². The van der Waals surface area contributed by atoms with E-state index < -0.39 is 5.97 Å². The molecule has 0 amide bonds. The number of anilines is 1. The van der Waals surface area contributed by atoms with Gasteiger partial charge in [0.1, 0.15) is 0 Å². The second-order valence-corrected chi connectivity index (χ2v) is 2.57. The topological polar surface area (TPSA) is 52.2 Å². The normalized spacial score (nSPS) is 9.50. The summed E-state index contributed by atoms with van der Waals surface area (Å²) >= 11 is 0. The number of carbonyl (C=O) groups excluding carboxylic acids is 1. The van der Waals surface area contributed by atoms with Gasteiger partial charge in [0.15, 0.2) is 0 Å². The van der Waals surface area contributed by atoms with Gasteiger partial charge in [-0.3, -0.25) is 0 Å². The molecule has 0 aromatic heterocycles. The third-order valence-corrected chi connectivity index (χ3v) is 1.73. The number of carboxylic acids is 1. The summed E-state index contributed by atoms with van der Waals surface area (Å²) in [5.41, 5.74) is 1.85. The molecule has 1 N–H and O–H groups in total. The molecule has 1 aromatic rings. The number of aromatic carboxylic acids is 1. The first-order valence-electron chi connectivity index (χ1n) is 3.65. The molecule has 1 aromatic carbocycles. The molecule has 3 nitrogen and oxygen atoms in total. The molecule has 0 saturated heterocycles. The van der Waals surface area contributed by atoms with E-state index in [1.54, 1.807) is 26.1 Å². The zero-order chi connectivity index (χ0) is 9.14. The minimum Gasteiger partial charge on any atom is -0.545 e. The molecule has 1 rings (SSSR count). The molecule has 0 fully saturated rings. The monoisotopic (exact) mass is 164 g/mol. The van der Waals surface area contributed by atoms with Gasteiger partial charge in [0.05, 0.1) is 5.97 Å². The van der Waals surface area contributed by atoms with E-state index in [4.69, 9.17) is 0 Å². The number of hydrogen-bond acceptors (Lipinski definition) is 3. The zero-order valence-electron chi connectivity index (χ0n) is 7.05. The molecular formula is C9H10NO2-. The SMILES string of the molecule is CNc1ccc(C(=O)[O-])c(C)c1. The van der Waals surface area contributed by atoms with Crippen molar-refractivity contribution in [3.8, 4) is 0 Å². The maximum absolute atomic E-state index is 10.5. The summed E-state index contributed by atoms with van der Waals surface area (Å²) in [5, 5.41) is 13.4. The van der Waals surface area contributed by atoms with E-state index >= 15 is 0 Å². The van der Waals surface area contributed by atoms with E-state index in [1.807, 2.05) is 0 Å². The van der Waals surface area contributed by atoms with Crippen LogP contribution >= 0.6 is 0 Å². The van der Waals surface area contributed by atoms with Crippen LogP contribution in [0, 0.1) is 6.92 Å². The Morgan fingerprint density at radius 1 is 1.50 bits per heavy atom. The lowest BCUT2D eigenvalue weighted by Gasteiger charge is -2.08. The Morgan fingerprint density at radius 2 is 2.17 bits per heavy atom. The highest BCUT2D eigenvalue weighted by Gasteiger charge is 1.98. The highest BCUT2D eigenvalue weighted by Crippen LogP contribution is 2.13. The van der Waals surface area contributed by atoms with Crippen molar-refractivity contribution < 1.29 is 9.90 Å². The Labute approximate surface area is 71.0 Å². The lowest BCUT2D eigenvalue weighted by molar-refractivity contribution is -0.255. The first-order valence-corrected chi connectivity index (χ1v) is 3.65. The summed E-state index contributed by atoms with van der Waals surface area (Å²) in [6.45, 7) is 1.74. The number of benzene rings is 1. The van der Waals surface area contributed by atoms with Gasteiger partial charge in [0.25, 0.3) is 0 Å². The van der Waals surface area contributed by atoms with Crippen LogP contribution in [-0.2, 0) is 0 Å². The van der Waals surface area contributed by atoms with Gasteiger partial charge < -0.3 is 15.2 Å². The van der Waals surface area contributed by atoms with Crippen LogP contribution in [0.1, 0.15) is 15.9 Å². The van der Waals surface area contributed by atoms with E-state index in [2.05, 4.69) is 5.32 Å². The molecule has 0 aliphatic rings. The van der Waals surface area contributed by atoms with Gasteiger partial charge >= 0.3 is 0 Å². The predicted octanol–water partition coefficient (Wildman–Crippen LogP) is 0.400. The highest BCUT2D eigenvalue weighted by atomic mass is 16.4. The zero-order valence-corrected chi connectivity index (χ0v) is 7.05. The van der Waals surface area contributed by atoms with E-state index in [9.17, 15) is 9.90 Å². The van der Waals surface area contributed by atoms with Crippen LogP contribution in [0.5, 0.6) is 0 Å². The van der Waals surface area contributed by atoms with Crippen LogP contribution in [0.15, 0.2) is 18.2 Å². The Kier molecular flexibility index (Phi) is 2.33. The van der Waals surface area contributed by atoms with E-state index in [-0.39, 0.29) is 5.56 Å². The van der Waals surface area contributed by atoms with E-state index in [0.717, 1.165) is 5.69 Å². The molecule has 0 saturated carbocycles. The highest BCUT2D eigenvalue weighted by molar-refractivity contribution is 5.88. The van der Waals surface area contributed by atoms with Gasteiger partial charge in [-0.2, -0.15) is 0 Å². The van der Waals surface area contributed by atoms with Gasteiger partial charge in [-0.25, -0.2) is 0 Å². The molecular weight excluding hydrogens is 154 g/mol. The van der Waals surface area contributed by atoms with Gasteiger partial charge in [-0.05, 0) is 24.6 Å². The predicted molar refractivity (Wildman–Crippen MR) is 45.1 cm³/mol. The molecule has 0 heterocycles. The van der Waals surface area contributed by atoms with Crippen molar-refractivity contribution in [2.75, 3.05) is 12.4 Å². The van der Waals surface area contributed by atoms with Crippen molar-refractivity contribution >= 4 is 11.7 Å². The Balaban J connectivity index is 3.12. The van der Waals surface area contributed by atoms with Crippen LogP contribution in [0.2, 0.25) is 0 Å². The quantitative estimate of drug-likeness (QED) is 0.688. The molecule has 0 radical (unpaired) electrons. The summed E-state index contributed by atoms with van der Waals surface area (Å²) in [6, 6.07) is 5.01. The Hall–Kier alpha value is -1.51. The summed E-state index contributed by atoms with van der Waals surface area (Å²) < 4.78 is 0. The number of nitrogens with one attached hydrogen (secondary N) is 1. The number of hydrogen-bond donors (Lipinski definition) is 1. The molecule has 3 heteroatoms. The average molecular weight is 164 g/mol. The summed E-state index contributed by atoms with van der Waals surface area (Å²) in [4.78, 5) is 10.5. The smallest absolute Gasteiger partial charge is 0.0718 e. The average Bonchev–Trinajstić information content (AvgIpc) is 2.03. The molecule has 0 spiro atoms. The maximum Gasteiger partial charge on any atom is 0.0718 e. The largest absolute Gasteiger partial charge is 0.545 e. The van der Waals surface area contributed by atoms with Gasteiger partial charge in [0, 0.05) is 18.3 Å². The fourth-order valence-electron chi connectivity index (χ4n) is 1.05. The lowest BCUT2D eigenvalue weighted by atomic mass is 10.1. The number of aryl methyl sites for hydroxylation is 1. The summed E-state index contributed by atoms with van der Waals surface area (Å²) in [7, 11) is 1.79. The fourth-order valence-corrected chi connectivity index (χ4v) is 1.05. The van der Waals surface area contributed by atoms with Crippen molar-refractivity contribution in [3.05, 3.63) is 29.3 Å². The van der Waals surface area contributed by atoms with Gasteiger partial charge in [-0.15, -0.1) is 0 Å². The molecule has 12 heavy (non-hydrogen) atoms. The third kappa shape index (κ3) is 1.56. The van der Waals surface area contributed by atoms with Crippen molar-refractivity contribution in [2.45, 2.75) is 6.92 Å². The van der Waals surface area contributed by atoms with E-state index in [0.29, 0.717) is 5.56 Å². The minimum atomic E-state index is -1.13. The summed E-state index contributed by atoms with van der Waals surface area (Å²) in [6.07, 6.45) is 0. The molecule has 64 valence electrons. The Morgan fingerprint density at radius 3 is 2.58 bits per heavy atom. The molecule has 0 unspecified atom stereocenters. The minimum absolute atomic E-state index is 0.244. The molecule has 0 aliphatic carbocycles. The first-order chi connectivity index (χ1) is 5.65. The van der Waals surface area contributed by atoms with Gasteiger partial charge in [-0.1, -0.05) is 6.07 Å². The van der Waals surface area contributed by atoms with Crippen molar-refractivity contribution in [3.63, 3.8) is 0 Å². The number of carboxylic acid groups (broad SMARTS) is 1. The van der Waals surface area contributed by atoms with Crippen molar-refractivity contribution in [1.29, 1.82) is 0 Å². The molecule has 0 atom stereocenters. The van der Waals surface area contributed by atoms with Gasteiger partial charge in [0.2, 0.25) is 0 Å². The van der Waals surface area contributed by atoms with Crippen LogP contribution in [0.3, 0.4) is 0 Å². The van der Waals surface area contributed by atoms with E-state index in [1.165, 1.54) is 6.07 Å². The number of rotatable bonds is 2. The second-order valence-electron chi connectivity index (χ2n) is 2.57.